The third-order valence-electron chi connectivity index (χ3n) is 4.09. The average Bonchev–Trinajstić information content (AvgIpc) is 3.26. The van der Waals surface area contributed by atoms with Gasteiger partial charge < -0.3 is 14.6 Å². The molecule has 1 saturated carbocycles. The van der Waals surface area contributed by atoms with Gasteiger partial charge in [-0.25, -0.2) is 4.98 Å². The summed E-state index contributed by atoms with van der Waals surface area (Å²) >= 11 is 0. The van der Waals surface area contributed by atoms with E-state index in [9.17, 15) is 5.11 Å². The summed E-state index contributed by atoms with van der Waals surface area (Å²) in [5, 5.41) is 10.2. The van der Waals surface area contributed by atoms with Gasteiger partial charge in [-0.1, -0.05) is 30.3 Å². The van der Waals surface area contributed by atoms with Crippen molar-refractivity contribution < 1.29 is 5.11 Å². The van der Waals surface area contributed by atoms with Crippen molar-refractivity contribution >= 4 is 0 Å². The van der Waals surface area contributed by atoms with Gasteiger partial charge >= 0.3 is 0 Å². The zero-order valence-electron chi connectivity index (χ0n) is 12.5. The summed E-state index contributed by atoms with van der Waals surface area (Å²) in [6.07, 6.45) is 6.82. The SMILES string of the molecule is CN(CC[C@H](O)c1ccccc1)Cc1cncn1C1CC1. The van der Waals surface area contributed by atoms with E-state index in [1.807, 2.05) is 42.9 Å². The van der Waals surface area contributed by atoms with E-state index in [-0.39, 0.29) is 6.10 Å². The van der Waals surface area contributed by atoms with Gasteiger partial charge in [-0.2, -0.15) is 0 Å². The Bertz CT molecular complexity index is 562. The first-order chi connectivity index (χ1) is 10.2. The number of benzene rings is 1. The van der Waals surface area contributed by atoms with E-state index in [4.69, 9.17) is 0 Å². The Morgan fingerprint density at radius 3 is 2.81 bits per heavy atom. The molecule has 1 aliphatic rings. The van der Waals surface area contributed by atoms with Gasteiger partial charge in [0, 0.05) is 25.3 Å². The predicted octanol–water partition coefficient (Wildman–Crippen LogP) is 2.77. The lowest BCUT2D eigenvalue weighted by molar-refractivity contribution is 0.147. The largest absolute Gasteiger partial charge is 0.388 e. The van der Waals surface area contributed by atoms with Crippen LogP contribution in [0.2, 0.25) is 0 Å². The van der Waals surface area contributed by atoms with Crippen LogP contribution in [-0.2, 0) is 6.54 Å². The Hall–Kier alpha value is -1.65. The smallest absolute Gasteiger partial charge is 0.0951 e. The molecule has 0 aliphatic heterocycles. The Balaban J connectivity index is 1.50. The number of aliphatic hydroxyl groups excluding tert-OH is 1. The number of hydrogen-bond donors (Lipinski definition) is 1. The van der Waals surface area contributed by atoms with Crippen LogP contribution in [0, 0.1) is 0 Å². The van der Waals surface area contributed by atoms with E-state index in [0.717, 1.165) is 25.1 Å². The van der Waals surface area contributed by atoms with Crippen LogP contribution >= 0.6 is 0 Å². The Morgan fingerprint density at radius 1 is 1.33 bits per heavy atom. The van der Waals surface area contributed by atoms with Gasteiger partial charge in [-0.3, -0.25) is 0 Å². The van der Waals surface area contributed by atoms with E-state index in [1.54, 1.807) is 0 Å². The van der Waals surface area contributed by atoms with E-state index < -0.39 is 0 Å². The zero-order chi connectivity index (χ0) is 14.7. The van der Waals surface area contributed by atoms with Gasteiger partial charge in [0.25, 0.3) is 0 Å². The highest BCUT2D eigenvalue weighted by Crippen LogP contribution is 2.35. The van der Waals surface area contributed by atoms with Crippen LogP contribution < -0.4 is 0 Å². The summed E-state index contributed by atoms with van der Waals surface area (Å²) in [5.41, 5.74) is 2.27. The molecule has 0 amide bonds. The summed E-state index contributed by atoms with van der Waals surface area (Å²) < 4.78 is 2.30. The maximum absolute atomic E-state index is 10.2. The molecule has 1 N–H and O–H groups in total. The molecule has 1 aromatic heterocycles. The monoisotopic (exact) mass is 285 g/mol. The molecule has 1 fully saturated rings. The Labute approximate surface area is 126 Å². The standard InChI is InChI=1S/C17H23N3O/c1-19(10-9-17(21)14-5-3-2-4-6-14)12-16-11-18-13-20(16)15-7-8-15/h2-6,11,13,15,17,21H,7-10,12H2,1H3/t17-/m0/s1. The normalized spacial score (nSPS) is 16.3. The van der Waals surface area contributed by atoms with E-state index in [0.29, 0.717) is 6.04 Å². The first kappa shape index (κ1) is 14.3. The minimum absolute atomic E-state index is 0.387. The maximum atomic E-state index is 10.2. The van der Waals surface area contributed by atoms with Gasteiger partial charge in [0.2, 0.25) is 0 Å². The summed E-state index contributed by atoms with van der Waals surface area (Å²) in [6, 6.07) is 10.5. The van der Waals surface area contributed by atoms with Crippen LogP contribution in [0.5, 0.6) is 0 Å². The van der Waals surface area contributed by atoms with Gasteiger partial charge in [-0.05, 0) is 31.9 Å². The summed E-state index contributed by atoms with van der Waals surface area (Å²) in [6.45, 7) is 1.75. The fourth-order valence-electron chi connectivity index (χ4n) is 2.68. The van der Waals surface area contributed by atoms with Crippen molar-refractivity contribution in [3.8, 4) is 0 Å². The van der Waals surface area contributed by atoms with Crippen molar-refractivity contribution in [3.05, 3.63) is 54.1 Å². The van der Waals surface area contributed by atoms with Crippen LogP contribution in [0.3, 0.4) is 0 Å². The third kappa shape index (κ3) is 3.71. The molecular formula is C17H23N3O. The minimum atomic E-state index is -0.387. The summed E-state index contributed by atoms with van der Waals surface area (Å²) in [7, 11) is 2.10. The second-order valence-electron chi connectivity index (χ2n) is 5.98. The number of imidazole rings is 1. The van der Waals surface area contributed by atoms with Crippen molar-refractivity contribution in [2.75, 3.05) is 13.6 Å². The van der Waals surface area contributed by atoms with E-state index in [2.05, 4.69) is 21.5 Å². The summed E-state index contributed by atoms with van der Waals surface area (Å²) in [5.74, 6) is 0. The highest BCUT2D eigenvalue weighted by Gasteiger charge is 2.25. The van der Waals surface area contributed by atoms with Crippen LogP contribution in [0.15, 0.2) is 42.9 Å². The zero-order valence-corrected chi connectivity index (χ0v) is 12.5. The molecule has 3 rings (SSSR count). The minimum Gasteiger partial charge on any atom is -0.388 e. The first-order valence-corrected chi connectivity index (χ1v) is 7.66. The molecule has 1 aliphatic carbocycles. The molecule has 21 heavy (non-hydrogen) atoms. The first-order valence-electron chi connectivity index (χ1n) is 7.66. The lowest BCUT2D eigenvalue weighted by Crippen LogP contribution is -2.22. The molecule has 0 saturated heterocycles. The molecule has 1 heterocycles. The van der Waals surface area contributed by atoms with Crippen LogP contribution in [0.25, 0.3) is 0 Å². The Morgan fingerprint density at radius 2 is 2.10 bits per heavy atom. The molecule has 4 nitrogen and oxygen atoms in total. The highest BCUT2D eigenvalue weighted by molar-refractivity contribution is 5.17. The van der Waals surface area contributed by atoms with Gasteiger partial charge in [0.1, 0.15) is 0 Å². The lowest BCUT2D eigenvalue weighted by Gasteiger charge is -2.19. The lowest BCUT2D eigenvalue weighted by atomic mass is 10.1. The van der Waals surface area contributed by atoms with Crippen LogP contribution in [0.4, 0.5) is 0 Å². The fraction of sp³-hybridized carbons (Fsp3) is 0.471. The van der Waals surface area contributed by atoms with Gasteiger partial charge in [-0.15, -0.1) is 0 Å². The van der Waals surface area contributed by atoms with Gasteiger partial charge in [0.05, 0.1) is 18.1 Å². The van der Waals surface area contributed by atoms with E-state index in [1.165, 1.54) is 18.5 Å². The number of aliphatic hydroxyl groups is 1. The second kappa shape index (κ2) is 6.41. The molecule has 0 radical (unpaired) electrons. The van der Waals surface area contributed by atoms with Crippen molar-refractivity contribution in [2.45, 2.75) is 38.0 Å². The molecule has 1 atom stereocenters. The maximum Gasteiger partial charge on any atom is 0.0951 e. The van der Waals surface area contributed by atoms with Gasteiger partial charge in [0.15, 0.2) is 0 Å². The van der Waals surface area contributed by atoms with Crippen molar-refractivity contribution in [3.63, 3.8) is 0 Å². The number of rotatable bonds is 7. The van der Waals surface area contributed by atoms with Crippen LogP contribution in [-0.4, -0.2) is 33.1 Å². The molecule has 0 spiro atoms. The predicted molar refractivity (Wildman–Crippen MR) is 82.9 cm³/mol. The molecule has 112 valence electrons. The van der Waals surface area contributed by atoms with Crippen molar-refractivity contribution in [1.29, 1.82) is 0 Å². The molecule has 0 bridgehead atoms. The summed E-state index contributed by atoms with van der Waals surface area (Å²) in [4.78, 5) is 6.52. The average molecular weight is 285 g/mol. The van der Waals surface area contributed by atoms with Crippen molar-refractivity contribution in [2.24, 2.45) is 0 Å². The fourth-order valence-corrected chi connectivity index (χ4v) is 2.68. The Kier molecular flexibility index (Phi) is 4.36. The molecule has 0 unspecified atom stereocenters. The number of nitrogens with zero attached hydrogens (tertiary/aromatic N) is 3. The van der Waals surface area contributed by atoms with E-state index >= 15 is 0 Å². The second-order valence-corrected chi connectivity index (χ2v) is 5.98. The number of hydrogen-bond acceptors (Lipinski definition) is 3. The highest BCUT2D eigenvalue weighted by atomic mass is 16.3. The quantitative estimate of drug-likeness (QED) is 0.850. The number of aromatic nitrogens is 2. The molecule has 2 aromatic rings. The topological polar surface area (TPSA) is 41.3 Å². The molecule has 4 heteroatoms. The van der Waals surface area contributed by atoms with Crippen molar-refractivity contribution in [1.82, 2.24) is 14.5 Å². The molecule has 1 aromatic carbocycles. The third-order valence-corrected chi connectivity index (χ3v) is 4.09. The molecular weight excluding hydrogens is 262 g/mol. The van der Waals surface area contributed by atoms with Crippen LogP contribution in [0.1, 0.15) is 42.7 Å².